The Morgan fingerprint density at radius 3 is 2.46 bits per heavy atom. The topological polar surface area (TPSA) is 38.0 Å². The van der Waals surface area contributed by atoms with Gasteiger partial charge in [-0.05, 0) is 12.1 Å². The SMILES string of the molecule is Cl.Cl.NNCc1ccc(Br)cc1F. The molecule has 0 aromatic heterocycles. The van der Waals surface area contributed by atoms with E-state index in [2.05, 4.69) is 21.4 Å². The summed E-state index contributed by atoms with van der Waals surface area (Å²) in [6, 6.07) is 4.86. The summed E-state index contributed by atoms with van der Waals surface area (Å²) in [4.78, 5) is 0. The van der Waals surface area contributed by atoms with Crippen LogP contribution in [0.2, 0.25) is 0 Å². The second-order valence-electron chi connectivity index (χ2n) is 2.12. The molecule has 1 aromatic rings. The number of hydrazine groups is 1. The van der Waals surface area contributed by atoms with Gasteiger partial charge < -0.3 is 0 Å². The Morgan fingerprint density at radius 2 is 2.00 bits per heavy atom. The lowest BCUT2D eigenvalue weighted by molar-refractivity contribution is 0.593. The van der Waals surface area contributed by atoms with E-state index in [4.69, 9.17) is 5.84 Å². The summed E-state index contributed by atoms with van der Waals surface area (Å²) in [7, 11) is 0. The highest BCUT2D eigenvalue weighted by Gasteiger charge is 1.99. The molecule has 0 unspecified atom stereocenters. The van der Waals surface area contributed by atoms with Crippen molar-refractivity contribution in [2.45, 2.75) is 6.54 Å². The predicted octanol–water partition coefficient (Wildman–Crippen LogP) is 2.40. The molecule has 6 heteroatoms. The first kappa shape index (κ1) is 15.6. The average Bonchev–Trinajstić information content (AvgIpc) is 1.95. The van der Waals surface area contributed by atoms with Crippen LogP contribution in [0.15, 0.2) is 22.7 Å². The molecule has 0 aliphatic rings. The normalized spacial score (nSPS) is 8.54. The Kier molecular flexibility index (Phi) is 9.03. The van der Waals surface area contributed by atoms with Gasteiger partial charge in [-0.2, -0.15) is 0 Å². The third-order valence-electron chi connectivity index (χ3n) is 1.31. The van der Waals surface area contributed by atoms with E-state index in [1.54, 1.807) is 12.1 Å². The molecule has 0 fully saturated rings. The second kappa shape index (κ2) is 7.53. The molecule has 0 atom stereocenters. The van der Waals surface area contributed by atoms with E-state index in [0.717, 1.165) is 4.47 Å². The minimum atomic E-state index is -0.252. The molecule has 1 rings (SSSR count). The smallest absolute Gasteiger partial charge is 0.128 e. The van der Waals surface area contributed by atoms with Gasteiger partial charge in [0.2, 0.25) is 0 Å². The third kappa shape index (κ3) is 4.78. The average molecular weight is 292 g/mol. The summed E-state index contributed by atoms with van der Waals surface area (Å²) in [5, 5.41) is 0. The molecule has 2 nitrogen and oxygen atoms in total. The number of nitrogens with one attached hydrogen (secondary N) is 1. The maximum absolute atomic E-state index is 12.9. The summed E-state index contributed by atoms with van der Waals surface area (Å²) in [5.74, 6) is 4.79. The largest absolute Gasteiger partial charge is 0.271 e. The maximum Gasteiger partial charge on any atom is 0.128 e. The quantitative estimate of drug-likeness (QED) is 0.649. The molecule has 0 amide bonds. The highest BCUT2D eigenvalue weighted by molar-refractivity contribution is 9.10. The fraction of sp³-hybridized carbons (Fsp3) is 0.143. The monoisotopic (exact) mass is 290 g/mol. The Morgan fingerprint density at radius 1 is 1.38 bits per heavy atom. The van der Waals surface area contributed by atoms with E-state index in [-0.39, 0.29) is 30.6 Å². The van der Waals surface area contributed by atoms with Crippen LogP contribution in [0.4, 0.5) is 4.39 Å². The second-order valence-corrected chi connectivity index (χ2v) is 3.03. The van der Waals surface area contributed by atoms with Gasteiger partial charge in [0.25, 0.3) is 0 Å². The van der Waals surface area contributed by atoms with Gasteiger partial charge in [-0.1, -0.05) is 22.0 Å². The van der Waals surface area contributed by atoms with E-state index in [1.807, 2.05) is 0 Å². The standard InChI is InChI=1S/C7H8BrFN2.2ClH/c8-6-2-1-5(4-11-10)7(9)3-6;;/h1-3,11H,4,10H2;2*1H. The van der Waals surface area contributed by atoms with Crippen molar-refractivity contribution in [1.82, 2.24) is 5.43 Å². The van der Waals surface area contributed by atoms with Crippen molar-refractivity contribution < 1.29 is 4.39 Å². The number of hydrogen-bond donors (Lipinski definition) is 2. The van der Waals surface area contributed by atoms with E-state index in [9.17, 15) is 4.39 Å². The fourth-order valence-electron chi connectivity index (χ4n) is 0.775. The molecule has 76 valence electrons. The first-order valence-corrected chi connectivity index (χ1v) is 3.90. The van der Waals surface area contributed by atoms with Crippen LogP contribution in [0.5, 0.6) is 0 Å². The Hall–Kier alpha value is 0.130. The Balaban J connectivity index is 0. The number of rotatable bonds is 2. The summed E-state index contributed by atoms with van der Waals surface area (Å²) in [6.07, 6.45) is 0. The number of benzene rings is 1. The van der Waals surface area contributed by atoms with Crippen molar-refractivity contribution in [1.29, 1.82) is 0 Å². The minimum Gasteiger partial charge on any atom is -0.271 e. The van der Waals surface area contributed by atoms with Gasteiger partial charge in [-0.15, -0.1) is 24.8 Å². The van der Waals surface area contributed by atoms with Crippen LogP contribution in [0.3, 0.4) is 0 Å². The van der Waals surface area contributed by atoms with Crippen LogP contribution >= 0.6 is 40.7 Å². The van der Waals surface area contributed by atoms with Crippen molar-refractivity contribution in [2.75, 3.05) is 0 Å². The van der Waals surface area contributed by atoms with E-state index in [0.29, 0.717) is 12.1 Å². The van der Waals surface area contributed by atoms with Gasteiger partial charge in [0.1, 0.15) is 5.82 Å². The van der Waals surface area contributed by atoms with Crippen LogP contribution in [0.25, 0.3) is 0 Å². The summed E-state index contributed by atoms with van der Waals surface area (Å²) in [6.45, 7) is 0.346. The Bertz CT molecular complexity index is 260. The molecule has 0 bridgehead atoms. The van der Waals surface area contributed by atoms with Crippen molar-refractivity contribution in [2.24, 2.45) is 5.84 Å². The van der Waals surface area contributed by atoms with Gasteiger partial charge >= 0.3 is 0 Å². The highest BCUT2D eigenvalue weighted by atomic mass is 79.9. The van der Waals surface area contributed by atoms with Crippen molar-refractivity contribution in [3.05, 3.63) is 34.1 Å². The molecule has 0 saturated heterocycles. The number of halogens is 4. The fourth-order valence-corrected chi connectivity index (χ4v) is 1.11. The number of hydrogen-bond acceptors (Lipinski definition) is 2. The molecule has 13 heavy (non-hydrogen) atoms. The summed E-state index contributed by atoms with van der Waals surface area (Å²) in [5.41, 5.74) is 2.95. The van der Waals surface area contributed by atoms with Gasteiger partial charge in [0.05, 0.1) is 0 Å². The van der Waals surface area contributed by atoms with Crippen molar-refractivity contribution in [3.8, 4) is 0 Å². The van der Waals surface area contributed by atoms with E-state index in [1.165, 1.54) is 6.07 Å². The van der Waals surface area contributed by atoms with Gasteiger partial charge in [-0.25, -0.2) is 4.39 Å². The predicted molar refractivity (Wildman–Crippen MR) is 59.6 cm³/mol. The molecule has 1 aromatic carbocycles. The molecular weight excluding hydrogens is 282 g/mol. The zero-order chi connectivity index (χ0) is 8.27. The molecule has 0 saturated carbocycles. The van der Waals surface area contributed by atoms with Gasteiger partial charge in [-0.3, -0.25) is 11.3 Å². The molecule has 0 heterocycles. The van der Waals surface area contributed by atoms with Crippen LogP contribution < -0.4 is 11.3 Å². The van der Waals surface area contributed by atoms with Crippen LogP contribution in [0, 0.1) is 5.82 Å². The third-order valence-corrected chi connectivity index (χ3v) is 1.80. The highest BCUT2D eigenvalue weighted by Crippen LogP contribution is 2.14. The molecule has 0 aliphatic carbocycles. The zero-order valence-corrected chi connectivity index (χ0v) is 9.81. The number of nitrogens with two attached hydrogens (primary N) is 1. The van der Waals surface area contributed by atoms with Crippen molar-refractivity contribution in [3.63, 3.8) is 0 Å². The first-order valence-electron chi connectivity index (χ1n) is 3.11. The molecule has 3 N–H and O–H groups in total. The molecular formula is C7H10BrCl2FN2. The van der Waals surface area contributed by atoms with Crippen LogP contribution in [0.1, 0.15) is 5.56 Å². The van der Waals surface area contributed by atoms with E-state index >= 15 is 0 Å². The van der Waals surface area contributed by atoms with Crippen LogP contribution in [-0.2, 0) is 6.54 Å². The maximum atomic E-state index is 12.9. The summed E-state index contributed by atoms with van der Waals surface area (Å²) >= 11 is 3.16. The lowest BCUT2D eigenvalue weighted by atomic mass is 10.2. The lowest BCUT2D eigenvalue weighted by Crippen LogP contribution is -2.21. The lowest BCUT2D eigenvalue weighted by Gasteiger charge is -2.01. The molecule has 0 aliphatic heterocycles. The van der Waals surface area contributed by atoms with Gasteiger partial charge in [0.15, 0.2) is 0 Å². The molecule has 0 spiro atoms. The Labute approximate surface area is 97.0 Å². The van der Waals surface area contributed by atoms with Crippen LogP contribution in [-0.4, -0.2) is 0 Å². The molecule has 0 radical (unpaired) electrons. The summed E-state index contributed by atoms with van der Waals surface area (Å²) < 4.78 is 13.6. The first-order chi connectivity index (χ1) is 5.24. The van der Waals surface area contributed by atoms with E-state index < -0.39 is 0 Å². The van der Waals surface area contributed by atoms with Crippen molar-refractivity contribution >= 4 is 40.7 Å². The van der Waals surface area contributed by atoms with Gasteiger partial charge in [0, 0.05) is 16.6 Å². The zero-order valence-electron chi connectivity index (χ0n) is 6.59. The minimum absolute atomic E-state index is 0.